The lowest BCUT2D eigenvalue weighted by atomic mass is 9.86. The van der Waals surface area contributed by atoms with E-state index in [-0.39, 0.29) is 23.9 Å². The van der Waals surface area contributed by atoms with Crippen LogP contribution in [0.5, 0.6) is 0 Å². The molecule has 0 unspecified atom stereocenters. The topological polar surface area (TPSA) is 59.9 Å². The summed E-state index contributed by atoms with van der Waals surface area (Å²) in [5.74, 6) is -1.12. The van der Waals surface area contributed by atoms with Crippen molar-refractivity contribution in [2.24, 2.45) is 10.9 Å². The molecular weight excluding hydrogens is 513 g/mol. The largest absolute Gasteiger partial charge is 0.416 e. The van der Waals surface area contributed by atoms with Crippen molar-refractivity contribution in [3.63, 3.8) is 0 Å². The Labute approximate surface area is 193 Å². The monoisotopic (exact) mass is 538 g/mol. The second kappa shape index (κ2) is 9.07. The van der Waals surface area contributed by atoms with Crippen molar-refractivity contribution in [2.45, 2.75) is 55.7 Å². The minimum atomic E-state index is -2.67. The van der Waals surface area contributed by atoms with Crippen molar-refractivity contribution in [3.8, 4) is 0 Å². The van der Waals surface area contributed by atoms with Gasteiger partial charge in [-0.1, -0.05) is 47.3 Å². The maximum atomic E-state index is 14.6. The van der Waals surface area contributed by atoms with Crippen LogP contribution in [-0.4, -0.2) is 43.9 Å². The zero-order chi connectivity index (χ0) is 23.0. The highest BCUT2D eigenvalue weighted by Crippen LogP contribution is 2.68. The SMILES string of the molecule is C[C@]1(c2cc(Br)ccc2F)N=C(OC(=O)NCOCC[Si](C)(C)C)S[C@@]2(C(F)F)C[C@@H]12. The minimum absolute atomic E-state index is 0.0542. The van der Waals surface area contributed by atoms with Crippen LogP contribution in [0.4, 0.5) is 18.0 Å². The number of amides is 1. The number of thioether (sulfide) groups is 1. The maximum absolute atomic E-state index is 14.6. The maximum Gasteiger partial charge on any atom is 0.416 e. The van der Waals surface area contributed by atoms with Crippen LogP contribution < -0.4 is 5.32 Å². The fraction of sp³-hybridized carbons (Fsp3) is 0.600. The Hall–Kier alpha value is -1.04. The van der Waals surface area contributed by atoms with Crippen LogP contribution >= 0.6 is 27.7 Å². The van der Waals surface area contributed by atoms with Gasteiger partial charge in [-0.05, 0) is 37.6 Å². The number of nitrogens with one attached hydrogen (secondary N) is 1. The van der Waals surface area contributed by atoms with E-state index in [9.17, 15) is 18.0 Å². The number of benzene rings is 1. The van der Waals surface area contributed by atoms with Crippen molar-refractivity contribution in [2.75, 3.05) is 13.3 Å². The molecule has 0 bridgehead atoms. The van der Waals surface area contributed by atoms with Crippen LogP contribution in [0.15, 0.2) is 27.7 Å². The van der Waals surface area contributed by atoms with E-state index >= 15 is 0 Å². The third-order valence-corrected chi connectivity index (χ3v) is 9.13. The number of carbonyl (C=O) groups is 1. The summed E-state index contributed by atoms with van der Waals surface area (Å²) in [7, 11) is -1.25. The summed E-state index contributed by atoms with van der Waals surface area (Å²) >= 11 is 4.04. The summed E-state index contributed by atoms with van der Waals surface area (Å²) in [6.45, 7) is 8.71. The number of carbonyl (C=O) groups excluding carboxylic acids is 1. The molecule has 1 aliphatic carbocycles. The van der Waals surface area contributed by atoms with E-state index in [1.165, 1.54) is 18.2 Å². The van der Waals surface area contributed by atoms with Gasteiger partial charge in [0.15, 0.2) is 0 Å². The molecule has 5 nitrogen and oxygen atoms in total. The molecule has 1 heterocycles. The first-order valence-electron chi connectivity index (χ1n) is 9.93. The average Bonchev–Trinajstić information content (AvgIpc) is 3.39. The number of nitrogens with zero attached hydrogens (tertiary/aromatic N) is 1. The Morgan fingerprint density at radius 1 is 1.42 bits per heavy atom. The molecular formula is C20H26BrF3N2O3SSi. The Morgan fingerprint density at radius 2 is 2.13 bits per heavy atom. The smallest absolute Gasteiger partial charge is 0.385 e. The molecule has 1 amide bonds. The standard InChI is InChI=1S/C20H26BrF3N2O3SSi/c1-19(13-9-12(21)5-6-14(13)22)15-10-20(15,16(23)24)30-18(26-19)29-17(27)25-11-28-7-8-31(2,3)4/h5-6,9,15-16H,7-8,10-11H2,1-4H3,(H,25,27)/t15-,19+,20-/m0/s1. The van der Waals surface area contributed by atoms with Gasteiger partial charge in [-0.15, -0.1) is 0 Å². The molecule has 1 N–H and O–H groups in total. The summed E-state index contributed by atoms with van der Waals surface area (Å²) in [5, 5.41) is 2.24. The van der Waals surface area contributed by atoms with Gasteiger partial charge in [-0.2, -0.15) is 0 Å². The Kier molecular flexibility index (Phi) is 7.20. The third kappa shape index (κ3) is 5.48. The molecule has 31 heavy (non-hydrogen) atoms. The van der Waals surface area contributed by atoms with Crippen LogP contribution in [0.3, 0.4) is 0 Å². The van der Waals surface area contributed by atoms with Gasteiger partial charge >= 0.3 is 6.09 Å². The highest BCUT2D eigenvalue weighted by Gasteiger charge is 2.71. The van der Waals surface area contributed by atoms with Crippen LogP contribution in [0, 0.1) is 11.7 Å². The molecule has 3 rings (SSSR count). The first kappa shape index (κ1) is 24.6. The van der Waals surface area contributed by atoms with E-state index in [4.69, 9.17) is 9.47 Å². The number of fused-ring (bicyclic) bond motifs is 1. The zero-order valence-corrected chi connectivity index (χ0v) is 21.2. The normalized spacial score (nSPS) is 27.5. The quantitative estimate of drug-likeness (QED) is 0.264. The van der Waals surface area contributed by atoms with Crippen LogP contribution in [0.2, 0.25) is 25.7 Å². The molecule has 0 saturated heterocycles. The molecule has 1 aromatic carbocycles. The Morgan fingerprint density at radius 3 is 2.77 bits per heavy atom. The van der Waals surface area contributed by atoms with Gasteiger partial charge in [0, 0.05) is 30.6 Å². The van der Waals surface area contributed by atoms with Crippen molar-refractivity contribution in [1.82, 2.24) is 5.32 Å². The number of aliphatic imine (C=N–C) groups is 1. The minimum Gasteiger partial charge on any atom is -0.385 e. The lowest BCUT2D eigenvalue weighted by molar-refractivity contribution is 0.117. The number of hydrogen-bond donors (Lipinski definition) is 1. The first-order chi connectivity index (χ1) is 14.4. The number of alkyl carbamates (subject to hydrolysis) is 1. The van der Waals surface area contributed by atoms with E-state index in [2.05, 4.69) is 45.9 Å². The van der Waals surface area contributed by atoms with Gasteiger partial charge in [0.05, 0.1) is 10.3 Å². The van der Waals surface area contributed by atoms with Gasteiger partial charge < -0.3 is 9.47 Å². The predicted octanol–water partition coefficient (Wildman–Crippen LogP) is 5.97. The summed E-state index contributed by atoms with van der Waals surface area (Å²) in [4.78, 5) is 16.6. The molecule has 3 atom stereocenters. The highest BCUT2D eigenvalue weighted by atomic mass is 79.9. The van der Waals surface area contributed by atoms with Gasteiger partial charge in [0.25, 0.3) is 11.7 Å². The van der Waals surface area contributed by atoms with Gasteiger partial charge in [-0.25, -0.2) is 23.0 Å². The van der Waals surface area contributed by atoms with E-state index < -0.39 is 42.6 Å². The molecule has 0 radical (unpaired) electrons. The van der Waals surface area contributed by atoms with Crippen LogP contribution in [0.25, 0.3) is 0 Å². The summed E-state index contributed by atoms with van der Waals surface area (Å²) in [5.41, 5.74) is -1.09. The first-order valence-corrected chi connectivity index (χ1v) is 15.2. The molecule has 0 spiro atoms. The number of halogens is 4. The fourth-order valence-corrected chi connectivity index (χ4v) is 6.15. The zero-order valence-electron chi connectivity index (χ0n) is 17.8. The molecule has 1 fully saturated rings. The Balaban J connectivity index is 1.72. The summed E-state index contributed by atoms with van der Waals surface area (Å²) in [6.07, 6.45) is -3.37. The van der Waals surface area contributed by atoms with Gasteiger partial charge in [0.1, 0.15) is 12.5 Å². The molecule has 1 saturated carbocycles. The molecule has 2 aliphatic rings. The molecule has 1 aromatic rings. The van der Waals surface area contributed by atoms with Gasteiger partial charge in [-0.3, -0.25) is 5.32 Å². The van der Waals surface area contributed by atoms with Crippen LogP contribution in [0.1, 0.15) is 18.9 Å². The second-order valence-corrected chi connectivity index (χ2v) is 17.0. The number of alkyl halides is 2. The molecule has 172 valence electrons. The second-order valence-electron chi connectivity index (χ2n) is 9.19. The lowest BCUT2D eigenvalue weighted by Gasteiger charge is -2.34. The fourth-order valence-electron chi connectivity index (χ4n) is 3.64. The summed E-state index contributed by atoms with van der Waals surface area (Å²) < 4.78 is 52.2. The highest BCUT2D eigenvalue weighted by molar-refractivity contribution is 9.10. The van der Waals surface area contributed by atoms with E-state index in [1.54, 1.807) is 6.92 Å². The van der Waals surface area contributed by atoms with Crippen molar-refractivity contribution < 1.29 is 27.4 Å². The molecule has 0 aromatic heterocycles. The van der Waals surface area contributed by atoms with Crippen molar-refractivity contribution in [1.29, 1.82) is 0 Å². The third-order valence-electron chi connectivity index (χ3n) is 5.57. The number of hydrogen-bond acceptors (Lipinski definition) is 5. The van der Waals surface area contributed by atoms with Crippen molar-refractivity contribution >= 4 is 47.1 Å². The van der Waals surface area contributed by atoms with E-state index in [0.29, 0.717) is 11.1 Å². The van der Waals surface area contributed by atoms with Gasteiger partial charge in [0.2, 0.25) is 0 Å². The summed E-state index contributed by atoms with van der Waals surface area (Å²) in [6, 6.07) is 5.28. The number of ether oxygens (including phenoxy) is 2. The number of rotatable bonds is 7. The molecule has 11 heteroatoms. The van der Waals surface area contributed by atoms with E-state index in [0.717, 1.165) is 17.8 Å². The predicted molar refractivity (Wildman–Crippen MR) is 122 cm³/mol. The van der Waals surface area contributed by atoms with E-state index in [1.807, 2.05) is 0 Å². The van der Waals surface area contributed by atoms with Crippen LogP contribution in [-0.2, 0) is 15.0 Å². The lowest BCUT2D eigenvalue weighted by Crippen LogP contribution is -2.39. The average molecular weight is 539 g/mol. The molecule has 1 aliphatic heterocycles. The Bertz CT molecular complexity index is 886. The van der Waals surface area contributed by atoms with Crippen molar-refractivity contribution in [3.05, 3.63) is 34.1 Å².